The van der Waals surface area contributed by atoms with E-state index in [1.54, 1.807) is 34.9 Å². The van der Waals surface area contributed by atoms with Crippen LogP contribution in [0, 0.1) is 0 Å². The van der Waals surface area contributed by atoms with Crippen LogP contribution in [-0.4, -0.2) is 53.9 Å². The van der Waals surface area contributed by atoms with Crippen LogP contribution in [0.4, 0.5) is 0 Å². The van der Waals surface area contributed by atoms with Gasteiger partial charge in [0.15, 0.2) is 6.10 Å². The van der Waals surface area contributed by atoms with Gasteiger partial charge in [-0.3, -0.25) is 9.59 Å². The van der Waals surface area contributed by atoms with Crippen LogP contribution in [0.3, 0.4) is 0 Å². The molecule has 1 fully saturated rings. The zero-order valence-electron chi connectivity index (χ0n) is 18.2. The molecule has 1 aromatic carbocycles. The molecule has 0 bridgehead atoms. The average molecular weight is 438 g/mol. The summed E-state index contributed by atoms with van der Waals surface area (Å²) in [4.78, 5) is 40.8. The zero-order chi connectivity index (χ0) is 22.7. The van der Waals surface area contributed by atoms with Gasteiger partial charge >= 0.3 is 5.63 Å². The molecule has 1 aliphatic heterocycles. The normalized spacial score (nSPS) is 15.4. The molecule has 8 nitrogen and oxygen atoms in total. The molecule has 1 unspecified atom stereocenters. The Morgan fingerprint density at radius 1 is 1.09 bits per heavy atom. The van der Waals surface area contributed by atoms with Gasteiger partial charge in [0, 0.05) is 43.7 Å². The first kappa shape index (κ1) is 21.7. The van der Waals surface area contributed by atoms with Crippen molar-refractivity contribution in [2.45, 2.75) is 32.8 Å². The quantitative estimate of drug-likeness (QED) is 0.569. The molecule has 8 heteroatoms. The van der Waals surface area contributed by atoms with Crippen LogP contribution in [0.2, 0.25) is 0 Å². The molecule has 32 heavy (non-hydrogen) atoms. The number of nitrogens with zero attached hydrogens (tertiary/aromatic N) is 2. The van der Waals surface area contributed by atoms with Crippen LogP contribution < -0.4 is 10.4 Å². The number of ether oxygens (including phenoxy) is 1. The summed E-state index contributed by atoms with van der Waals surface area (Å²) < 4.78 is 16.2. The minimum Gasteiger partial charge on any atom is -0.481 e. The third kappa shape index (κ3) is 4.54. The van der Waals surface area contributed by atoms with Crippen molar-refractivity contribution in [2.75, 3.05) is 26.2 Å². The summed E-state index contributed by atoms with van der Waals surface area (Å²) >= 11 is 0. The highest BCUT2D eigenvalue weighted by Gasteiger charge is 2.27. The summed E-state index contributed by atoms with van der Waals surface area (Å²) in [5.74, 6) is 0.217. The van der Waals surface area contributed by atoms with Crippen molar-refractivity contribution in [2.24, 2.45) is 0 Å². The van der Waals surface area contributed by atoms with E-state index in [4.69, 9.17) is 13.6 Å². The molecule has 1 aliphatic rings. The van der Waals surface area contributed by atoms with Crippen molar-refractivity contribution < 1.29 is 23.2 Å². The summed E-state index contributed by atoms with van der Waals surface area (Å²) in [5.41, 5.74) is 1.45. The molecule has 0 saturated carbocycles. The van der Waals surface area contributed by atoms with Crippen LogP contribution >= 0.6 is 0 Å². The second kappa shape index (κ2) is 9.30. The maximum atomic E-state index is 13.0. The van der Waals surface area contributed by atoms with E-state index in [1.807, 2.05) is 13.0 Å². The fraction of sp³-hybridized carbons (Fsp3) is 0.375. The van der Waals surface area contributed by atoms with Gasteiger partial charge in [0.1, 0.15) is 17.6 Å². The predicted octanol–water partition coefficient (Wildman–Crippen LogP) is 3.09. The first-order valence-electron chi connectivity index (χ1n) is 10.8. The fourth-order valence-corrected chi connectivity index (χ4v) is 4.00. The zero-order valence-corrected chi connectivity index (χ0v) is 18.2. The highest BCUT2D eigenvalue weighted by atomic mass is 16.5. The molecule has 2 aromatic heterocycles. The van der Waals surface area contributed by atoms with E-state index in [9.17, 15) is 14.4 Å². The second-order valence-corrected chi connectivity index (χ2v) is 7.85. The lowest BCUT2D eigenvalue weighted by Gasteiger charge is -2.25. The SMILES string of the molecule is CCc1cc(=O)oc2cc(OC(C)C(=O)N3CCCN(C(=O)c4ccoc4)CC3)ccc12. The third-order valence-corrected chi connectivity index (χ3v) is 5.71. The van der Waals surface area contributed by atoms with Crippen molar-refractivity contribution in [3.63, 3.8) is 0 Å². The van der Waals surface area contributed by atoms with Crippen LogP contribution in [0.1, 0.15) is 36.2 Å². The third-order valence-electron chi connectivity index (χ3n) is 5.71. The summed E-state index contributed by atoms with van der Waals surface area (Å²) in [6.07, 6.45) is 3.58. The van der Waals surface area contributed by atoms with Gasteiger partial charge in [-0.2, -0.15) is 0 Å². The molecule has 3 heterocycles. The van der Waals surface area contributed by atoms with E-state index in [0.717, 1.165) is 10.9 Å². The Morgan fingerprint density at radius 3 is 2.62 bits per heavy atom. The molecule has 1 atom stereocenters. The van der Waals surface area contributed by atoms with Gasteiger partial charge in [0.25, 0.3) is 11.8 Å². The van der Waals surface area contributed by atoms with E-state index >= 15 is 0 Å². The molecule has 168 valence electrons. The lowest BCUT2D eigenvalue weighted by atomic mass is 10.1. The number of carbonyl (C=O) groups is 2. The monoisotopic (exact) mass is 438 g/mol. The summed E-state index contributed by atoms with van der Waals surface area (Å²) in [5, 5.41) is 0.855. The van der Waals surface area contributed by atoms with Gasteiger partial charge < -0.3 is 23.4 Å². The molecular formula is C24H26N2O6. The van der Waals surface area contributed by atoms with E-state index in [1.165, 1.54) is 18.6 Å². The Morgan fingerprint density at radius 2 is 1.88 bits per heavy atom. The number of furan rings is 1. The van der Waals surface area contributed by atoms with Crippen molar-refractivity contribution in [1.29, 1.82) is 0 Å². The van der Waals surface area contributed by atoms with Gasteiger partial charge in [-0.25, -0.2) is 4.79 Å². The molecule has 0 spiro atoms. The number of amides is 2. The maximum Gasteiger partial charge on any atom is 0.336 e. The van der Waals surface area contributed by atoms with E-state index < -0.39 is 11.7 Å². The smallest absolute Gasteiger partial charge is 0.336 e. The standard InChI is InChI=1S/C24H26N2O6/c1-3-17-13-22(27)32-21-14-19(5-6-20(17)21)31-16(2)23(28)25-8-4-9-26(11-10-25)24(29)18-7-12-30-15-18/h5-7,12-16H,3-4,8-11H2,1-2H3. The largest absolute Gasteiger partial charge is 0.481 e. The number of rotatable bonds is 5. The van der Waals surface area contributed by atoms with Crippen molar-refractivity contribution >= 4 is 22.8 Å². The molecule has 0 N–H and O–H groups in total. The minimum absolute atomic E-state index is 0.0959. The number of fused-ring (bicyclic) bond motifs is 1. The number of hydrogen-bond donors (Lipinski definition) is 0. The van der Waals surface area contributed by atoms with Gasteiger partial charge in [-0.05, 0) is 43.5 Å². The Bertz CT molecular complexity index is 1170. The van der Waals surface area contributed by atoms with Crippen LogP contribution in [0.5, 0.6) is 5.75 Å². The van der Waals surface area contributed by atoms with Crippen LogP contribution in [-0.2, 0) is 11.2 Å². The Hall–Kier alpha value is -3.55. The highest BCUT2D eigenvalue weighted by Crippen LogP contribution is 2.24. The summed E-state index contributed by atoms with van der Waals surface area (Å²) in [6, 6.07) is 8.40. The number of aryl methyl sites for hydroxylation is 1. The van der Waals surface area contributed by atoms with E-state index in [2.05, 4.69) is 0 Å². The Labute approximate surface area is 185 Å². The summed E-state index contributed by atoms with van der Waals surface area (Å²) in [6.45, 7) is 5.68. The molecular weight excluding hydrogens is 412 g/mol. The van der Waals surface area contributed by atoms with Crippen molar-refractivity contribution in [3.05, 3.63) is 64.4 Å². The van der Waals surface area contributed by atoms with Gasteiger partial charge in [-0.15, -0.1) is 0 Å². The molecule has 4 rings (SSSR count). The minimum atomic E-state index is -0.718. The van der Waals surface area contributed by atoms with Gasteiger partial charge in [0.05, 0.1) is 11.8 Å². The first-order chi connectivity index (χ1) is 15.5. The summed E-state index contributed by atoms with van der Waals surface area (Å²) in [7, 11) is 0. The lowest BCUT2D eigenvalue weighted by Crippen LogP contribution is -2.43. The lowest BCUT2D eigenvalue weighted by molar-refractivity contribution is -0.137. The van der Waals surface area contributed by atoms with Crippen molar-refractivity contribution in [3.8, 4) is 5.75 Å². The molecule has 2 amide bonds. The van der Waals surface area contributed by atoms with Crippen LogP contribution in [0.15, 0.2) is 56.5 Å². The second-order valence-electron chi connectivity index (χ2n) is 7.85. The average Bonchev–Trinajstić information content (AvgIpc) is 3.22. The first-order valence-corrected chi connectivity index (χ1v) is 10.8. The van der Waals surface area contributed by atoms with Gasteiger partial charge in [0.2, 0.25) is 0 Å². The topological polar surface area (TPSA) is 93.2 Å². The predicted molar refractivity (Wildman–Crippen MR) is 118 cm³/mol. The van der Waals surface area contributed by atoms with Crippen LogP contribution in [0.25, 0.3) is 11.0 Å². The molecule has 1 saturated heterocycles. The maximum absolute atomic E-state index is 13.0. The van der Waals surface area contributed by atoms with Crippen molar-refractivity contribution in [1.82, 2.24) is 9.80 Å². The molecule has 0 radical (unpaired) electrons. The van der Waals surface area contributed by atoms with Gasteiger partial charge in [-0.1, -0.05) is 6.92 Å². The molecule has 3 aromatic rings. The fourth-order valence-electron chi connectivity index (χ4n) is 4.00. The van der Waals surface area contributed by atoms with E-state index in [0.29, 0.717) is 55.9 Å². The highest BCUT2D eigenvalue weighted by molar-refractivity contribution is 5.94. The van der Waals surface area contributed by atoms with E-state index in [-0.39, 0.29) is 11.8 Å². The number of carbonyl (C=O) groups excluding carboxylic acids is 2. The molecule has 0 aliphatic carbocycles. The Kier molecular flexibility index (Phi) is 6.30. The number of benzene rings is 1. The number of hydrogen-bond acceptors (Lipinski definition) is 6. The Balaban J connectivity index is 1.41.